The summed E-state index contributed by atoms with van der Waals surface area (Å²) < 4.78 is 14.6. The lowest BCUT2D eigenvalue weighted by atomic mass is 10.2. The van der Waals surface area contributed by atoms with Crippen molar-refractivity contribution in [3.05, 3.63) is 35.8 Å². The zero-order chi connectivity index (χ0) is 16.1. The number of rotatable bonds is 1. The van der Waals surface area contributed by atoms with Crippen molar-refractivity contribution in [2.75, 3.05) is 0 Å². The molecule has 0 radical (unpaired) electrons. The average molecular weight is 328 g/mol. The highest BCUT2D eigenvalue weighted by Crippen LogP contribution is 2.24. The van der Waals surface area contributed by atoms with Gasteiger partial charge < -0.3 is 5.11 Å². The van der Waals surface area contributed by atoms with E-state index in [-0.39, 0.29) is 17.0 Å². The van der Waals surface area contributed by atoms with E-state index in [4.69, 9.17) is 0 Å². The van der Waals surface area contributed by atoms with E-state index in [1.807, 2.05) is 0 Å². The lowest BCUT2D eigenvalue weighted by Crippen LogP contribution is -1.97. The van der Waals surface area contributed by atoms with Gasteiger partial charge in [0.25, 0.3) is 0 Å². The number of aryl methyl sites for hydroxylation is 1. The average Bonchev–Trinajstić information content (AvgIpc) is 2.91. The number of halogens is 1. The highest BCUT2D eigenvalue weighted by Gasteiger charge is 2.15. The maximum absolute atomic E-state index is 13.4. The first-order chi connectivity index (χ1) is 11.0. The van der Waals surface area contributed by atoms with Crippen LogP contribution in [0.15, 0.2) is 29.4 Å². The summed E-state index contributed by atoms with van der Waals surface area (Å²) in [5, 5.41) is 14.2. The summed E-state index contributed by atoms with van der Waals surface area (Å²) in [5.74, 6) is -0.389. The van der Waals surface area contributed by atoms with Gasteiger partial charge in [0, 0.05) is 12.1 Å². The van der Waals surface area contributed by atoms with E-state index in [1.165, 1.54) is 16.6 Å². The highest BCUT2D eigenvalue weighted by molar-refractivity contribution is 7.80. The maximum Gasteiger partial charge on any atom is 0.319 e. The number of fused-ring (bicyclic) bond motifs is 2. The Bertz CT molecular complexity index is 1080. The van der Waals surface area contributed by atoms with Gasteiger partial charge in [-0.15, -0.1) is 12.6 Å². The second-order valence-electron chi connectivity index (χ2n) is 4.91. The molecule has 114 valence electrons. The van der Waals surface area contributed by atoms with Gasteiger partial charge in [-0.2, -0.15) is 14.6 Å². The Hall–Kier alpha value is -2.81. The predicted molar refractivity (Wildman–Crippen MR) is 82.9 cm³/mol. The molecule has 0 fully saturated rings. The van der Waals surface area contributed by atoms with E-state index in [0.717, 1.165) is 0 Å². The van der Waals surface area contributed by atoms with Gasteiger partial charge in [0.1, 0.15) is 17.2 Å². The first-order valence-electron chi connectivity index (χ1n) is 6.61. The summed E-state index contributed by atoms with van der Waals surface area (Å²) >= 11 is 4.01. The highest BCUT2D eigenvalue weighted by atomic mass is 32.1. The van der Waals surface area contributed by atoms with E-state index in [0.29, 0.717) is 33.8 Å². The van der Waals surface area contributed by atoms with Crippen LogP contribution in [0, 0.1) is 12.7 Å². The van der Waals surface area contributed by atoms with Gasteiger partial charge in [-0.1, -0.05) is 0 Å². The van der Waals surface area contributed by atoms with E-state index < -0.39 is 0 Å². The number of benzene rings is 1. The fourth-order valence-corrected chi connectivity index (χ4v) is 2.53. The monoisotopic (exact) mass is 328 g/mol. The van der Waals surface area contributed by atoms with Crippen LogP contribution in [-0.4, -0.2) is 34.7 Å². The molecule has 0 aliphatic carbocycles. The normalized spacial score (nSPS) is 11.4. The lowest BCUT2D eigenvalue weighted by molar-refractivity contribution is 0.404. The van der Waals surface area contributed by atoms with Gasteiger partial charge in [-0.25, -0.2) is 19.3 Å². The van der Waals surface area contributed by atoms with Gasteiger partial charge in [-0.05, 0) is 19.1 Å². The minimum Gasteiger partial charge on any atom is -0.479 e. The Morgan fingerprint density at radius 1 is 1.09 bits per heavy atom. The summed E-state index contributed by atoms with van der Waals surface area (Å²) in [6.45, 7) is 1.78. The molecule has 0 saturated carbocycles. The van der Waals surface area contributed by atoms with Gasteiger partial charge in [0.05, 0.1) is 16.7 Å². The summed E-state index contributed by atoms with van der Waals surface area (Å²) in [4.78, 5) is 16.6. The van der Waals surface area contributed by atoms with Crippen LogP contribution in [0.4, 0.5) is 4.39 Å². The Kier molecular flexibility index (Phi) is 2.91. The van der Waals surface area contributed by atoms with Crippen molar-refractivity contribution in [3.8, 4) is 17.4 Å². The van der Waals surface area contributed by atoms with Crippen LogP contribution in [0.5, 0.6) is 6.01 Å². The Labute approximate surface area is 134 Å². The van der Waals surface area contributed by atoms with Gasteiger partial charge in [-0.3, -0.25) is 0 Å². The predicted octanol–water partition coefficient (Wildman–Crippen LogP) is 2.18. The molecular weight excluding hydrogens is 319 g/mol. The molecule has 1 aromatic carbocycles. The standard InChI is InChI=1S/C14H9FN6OS/c1-6-12(17-9-4-7(15)2-3-8(9)16-6)10-5-11-18-13(23)19-14(22)21(11)20-10/h2-5H,1H3,(H2,18,19,22,23). The molecule has 1 N–H and O–H groups in total. The van der Waals surface area contributed by atoms with Crippen LogP contribution in [0.25, 0.3) is 28.1 Å². The molecule has 0 atom stereocenters. The molecule has 0 amide bonds. The van der Waals surface area contributed by atoms with Crippen LogP contribution >= 0.6 is 12.6 Å². The van der Waals surface area contributed by atoms with Crippen molar-refractivity contribution in [3.63, 3.8) is 0 Å². The van der Waals surface area contributed by atoms with Gasteiger partial charge >= 0.3 is 6.01 Å². The number of thiol groups is 1. The van der Waals surface area contributed by atoms with Crippen molar-refractivity contribution in [1.82, 2.24) is 29.5 Å². The molecule has 23 heavy (non-hydrogen) atoms. The molecule has 0 unspecified atom stereocenters. The largest absolute Gasteiger partial charge is 0.479 e. The third-order valence-electron chi connectivity index (χ3n) is 3.34. The minimum atomic E-state index is -0.389. The lowest BCUT2D eigenvalue weighted by Gasteiger charge is -2.04. The van der Waals surface area contributed by atoms with Crippen molar-refractivity contribution < 1.29 is 9.50 Å². The zero-order valence-corrected chi connectivity index (χ0v) is 12.7. The van der Waals surface area contributed by atoms with Gasteiger partial charge in [0.15, 0.2) is 10.8 Å². The third kappa shape index (κ3) is 2.25. The molecule has 3 heterocycles. The summed E-state index contributed by atoms with van der Waals surface area (Å²) in [6.07, 6.45) is 0. The minimum absolute atomic E-state index is 0.129. The molecule has 4 rings (SSSR count). The molecular formula is C14H9FN6OS. The second-order valence-corrected chi connectivity index (χ2v) is 5.31. The van der Waals surface area contributed by atoms with Crippen LogP contribution in [0.1, 0.15) is 5.69 Å². The SMILES string of the molecule is Cc1nc2ccc(F)cc2nc1-c1cc2nc(S)nc(O)n2n1. The molecule has 0 spiro atoms. The molecule has 4 aromatic rings. The summed E-state index contributed by atoms with van der Waals surface area (Å²) in [6, 6.07) is 5.52. The first kappa shape index (κ1) is 13.8. The fourth-order valence-electron chi connectivity index (χ4n) is 2.34. The molecule has 0 aliphatic rings. The quantitative estimate of drug-likeness (QED) is 0.521. The van der Waals surface area contributed by atoms with E-state index in [9.17, 15) is 9.50 Å². The topological polar surface area (TPSA) is 89.1 Å². The zero-order valence-electron chi connectivity index (χ0n) is 11.8. The van der Waals surface area contributed by atoms with E-state index in [2.05, 4.69) is 37.7 Å². The molecule has 0 bridgehead atoms. The van der Waals surface area contributed by atoms with Crippen molar-refractivity contribution in [2.45, 2.75) is 12.1 Å². The number of aromatic hydroxyl groups is 1. The van der Waals surface area contributed by atoms with Crippen molar-refractivity contribution in [2.24, 2.45) is 0 Å². The first-order valence-corrected chi connectivity index (χ1v) is 7.06. The Morgan fingerprint density at radius 2 is 1.91 bits per heavy atom. The van der Waals surface area contributed by atoms with Crippen LogP contribution in [0.2, 0.25) is 0 Å². The van der Waals surface area contributed by atoms with Crippen molar-refractivity contribution >= 4 is 29.3 Å². The summed E-state index contributed by atoms with van der Waals surface area (Å²) in [7, 11) is 0. The molecule has 0 saturated heterocycles. The number of hydrogen-bond acceptors (Lipinski definition) is 7. The number of aromatic nitrogens is 6. The van der Waals surface area contributed by atoms with Crippen LogP contribution in [0.3, 0.4) is 0 Å². The maximum atomic E-state index is 13.4. The van der Waals surface area contributed by atoms with Crippen LogP contribution < -0.4 is 0 Å². The Balaban J connectivity index is 1.98. The molecule has 0 aliphatic heterocycles. The van der Waals surface area contributed by atoms with Crippen molar-refractivity contribution in [1.29, 1.82) is 0 Å². The molecule has 3 aromatic heterocycles. The smallest absolute Gasteiger partial charge is 0.319 e. The van der Waals surface area contributed by atoms with Crippen LogP contribution in [-0.2, 0) is 0 Å². The second kappa shape index (κ2) is 4.85. The fraction of sp³-hybridized carbons (Fsp3) is 0.0714. The number of nitrogens with zero attached hydrogens (tertiary/aromatic N) is 6. The van der Waals surface area contributed by atoms with E-state index >= 15 is 0 Å². The third-order valence-corrected chi connectivity index (χ3v) is 3.54. The van der Waals surface area contributed by atoms with Gasteiger partial charge in [0.2, 0.25) is 0 Å². The Morgan fingerprint density at radius 3 is 2.74 bits per heavy atom. The molecule has 7 nitrogen and oxygen atoms in total. The van der Waals surface area contributed by atoms with E-state index in [1.54, 1.807) is 19.1 Å². The number of hydrogen-bond donors (Lipinski definition) is 2. The molecule has 9 heteroatoms. The summed E-state index contributed by atoms with van der Waals surface area (Å²) in [5.41, 5.74) is 2.95.